The first-order valence-electron chi connectivity index (χ1n) is 8.98. The highest BCUT2D eigenvalue weighted by Gasteiger charge is 2.26. The van der Waals surface area contributed by atoms with E-state index in [9.17, 15) is 9.18 Å². The summed E-state index contributed by atoms with van der Waals surface area (Å²) in [6.07, 6.45) is 1.88. The van der Waals surface area contributed by atoms with Gasteiger partial charge >= 0.3 is 0 Å². The third-order valence-corrected chi connectivity index (χ3v) is 5.10. The minimum absolute atomic E-state index is 0.0381. The molecule has 4 rings (SSSR count). The Labute approximate surface area is 152 Å². The molecule has 0 saturated carbocycles. The van der Waals surface area contributed by atoms with Crippen molar-refractivity contribution in [3.63, 3.8) is 0 Å². The number of benzene rings is 1. The Bertz CT molecular complexity index is 860. The van der Waals surface area contributed by atoms with Crippen molar-refractivity contribution in [2.24, 2.45) is 0 Å². The van der Waals surface area contributed by atoms with E-state index in [0.29, 0.717) is 17.7 Å². The average Bonchev–Trinajstić information content (AvgIpc) is 2.98. The molecule has 2 aliphatic rings. The van der Waals surface area contributed by atoms with Gasteiger partial charge in [-0.3, -0.25) is 4.79 Å². The van der Waals surface area contributed by atoms with Gasteiger partial charge in [0.1, 0.15) is 23.5 Å². The van der Waals surface area contributed by atoms with Crippen LogP contribution < -0.4 is 15.0 Å². The lowest BCUT2D eigenvalue weighted by molar-refractivity contribution is 0.0965. The molecule has 5 nitrogen and oxygen atoms in total. The summed E-state index contributed by atoms with van der Waals surface area (Å²) in [6, 6.07) is 6.82. The number of nitrogens with zero attached hydrogens (tertiary/aromatic N) is 2. The van der Waals surface area contributed by atoms with Gasteiger partial charge in [0.25, 0.3) is 5.91 Å². The van der Waals surface area contributed by atoms with E-state index in [1.54, 1.807) is 19.1 Å². The topological polar surface area (TPSA) is 54.5 Å². The fraction of sp³-hybridized carbons (Fsp3) is 0.400. The number of fused-ring (bicyclic) bond motifs is 1. The molecule has 1 N–H and O–H groups in total. The van der Waals surface area contributed by atoms with E-state index < -0.39 is 0 Å². The molecule has 26 heavy (non-hydrogen) atoms. The lowest BCUT2D eigenvalue weighted by atomic mass is 10.1. The minimum atomic E-state index is -0.210. The summed E-state index contributed by atoms with van der Waals surface area (Å²) in [5.41, 5.74) is 3.14. The van der Waals surface area contributed by atoms with Gasteiger partial charge in [-0.2, -0.15) is 0 Å². The van der Waals surface area contributed by atoms with Crippen molar-refractivity contribution in [3.05, 3.63) is 52.5 Å². The molecule has 0 bridgehead atoms. The fourth-order valence-electron chi connectivity index (χ4n) is 3.62. The first-order valence-corrected chi connectivity index (χ1v) is 8.98. The molecule has 1 aromatic carbocycles. The van der Waals surface area contributed by atoms with Crippen LogP contribution in [0.2, 0.25) is 0 Å². The number of rotatable bonds is 3. The molecule has 0 aliphatic carbocycles. The molecule has 0 atom stereocenters. The number of pyridine rings is 1. The maximum atomic E-state index is 13.4. The van der Waals surface area contributed by atoms with Crippen molar-refractivity contribution in [2.75, 3.05) is 18.0 Å². The van der Waals surface area contributed by atoms with Crippen LogP contribution in [0.25, 0.3) is 0 Å². The summed E-state index contributed by atoms with van der Waals surface area (Å²) in [5, 5.41) is 2.82. The van der Waals surface area contributed by atoms with Crippen LogP contribution in [0.4, 0.5) is 10.2 Å². The second kappa shape index (κ2) is 6.59. The Morgan fingerprint density at radius 3 is 2.69 bits per heavy atom. The number of halogens is 1. The monoisotopic (exact) mass is 355 g/mol. The molecule has 0 unspecified atom stereocenters. The SMILES string of the molecule is Cc1cc(OC2CCN(c3nc4c(cc3C)C(=O)NC4)CC2)ccc1F. The average molecular weight is 355 g/mol. The number of carbonyl (C=O) groups is 1. The molecule has 6 heteroatoms. The Balaban J connectivity index is 1.42. The molecule has 2 aliphatic heterocycles. The van der Waals surface area contributed by atoms with Crippen molar-refractivity contribution < 1.29 is 13.9 Å². The van der Waals surface area contributed by atoms with Gasteiger partial charge in [-0.1, -0.05) is 0 Å². The molecule has 2 aromatic rings. The number of hydrogen-bond donors (Lipinski definition) is 1. The maximum Gasteiger partial charge on any atom is 0.253 e. The molecule has 0 radical (unpaired) electrons. The van der Waals surface area contributed by atoms with Gasteiger partial charge < -0.3 is 15.0 Å². The maximum absolute atomic E-state index is 13.4. The van der Waals surface area contributed by atoms with Crippen molar-refractivity contribution in [1.82, 2.24) is 10.3 Å². The molecule has 136 valence electrons. The number of anilines is 1. The van der Waals surface area contributed by atoms with Crippen molar-refractivity contribution in [3.8, 4) is 5.75 Å². The molecule has 1 aromatic heterocycles. The number of aromatic nitrogens is 1. The van der Waals surface area contributed by atoms with Gasteiger partial charge in [0.05, 0.1) is 17.8 Å². The smallest absolute Gasteiger partial charge is 0.253 e. The number of hydrogen-bond acceptors (Lipinski definition) is 4. The summed E-state index contributed by atoms with van der Waals surface area (Å²) in [7, 11) is 0. The van der Waals surface area contributed by atoms with Crippen molar-refractivity contribution >= 4 is 11.7 Å². The van der Waals surface area contributed by atoms with Crippen LogP contribution in [0.1, 0.15) is 40.0 Å². The van der Waals surface area contributed by atoms with Crippen LogP contribution in [0, 0.1) is 19.7 Å². The van der Waals surface area contributed by atoms with Crippen LogP contribution >= 0.6 is 0 Å². The summed E-state index contributed by atoms with van der Waals surface area (Å²) < 4.78 is 19.4. The summed E-state index contributed by atoms with van der Waals surface area (Å²) in [5.74, 6) is 1.43. The highest BCUT2D eigenvalue weighted by Crippen LogP contribution is 2.27. The van der Waals surface area contributed by atoms with E-state index in [1.165, 1.54) is 6.07 Å². The van der Waals surface area contributed by atoms with E-state index in [2.05, 4.69) is 10.2 Å². The molecular weight excluding hydrogens is 333 g/mol. The van der Waals surface area contributed by atoms with Gasteiger partial charge in [0.15, 0.2) is 0 Å². The molecular formula is C20H22FN3O2. The molecule has 1 amide bonds. The Hall–Kier alpha value is -2.63. The highest BCUT2D eigenvalue weighted by atomic mass is 19.1. The Morgan fingerprint density at radius 1 is 1.19 bits per heavy atom. The number of ether oxygens (including phenoxy) is 1. The third kappa shape index (κ3) is 3.11. The quantitative estimate of drug-likeness (QED) is 0.919. The largest absolute Gasteiger partial charge is 0.490 e. The van der Waals surface area contributed by atoms with Gasteiger partial charge in [-0.05, 0) is 49.2 Å². The van der Waals surface area contributed by atoms with Gasteiger partial charge in [0.2, 0.25) is 0 Å². The molecule has 1 fully saturated rings. The van der Waals surface area contributed by atoms with Crippen LogP contribution in [0.15, 0.2) is 24.3 Å². The summed E-state index contributed by atoms with van der Waals surface area (Å²) >= 11 is 0. The lowest BCUT2D eigenvalue weighted by Crippen LogP contribution is -2.39. The van der Waals surface area contributed by atoms with Gasteiger partial charge in [0, 0.05) is 25.9 Å². The number of piperidine rings is 1. The van der Waals surface area contributed by atoms with Gasteiger partial charge in [-0.15, -0.1) is 0 Å². The zero-order chi connectivity index (χ0) is 18.3. The summed E-state index contributed by atoms with van der Waals surface area (Å²) in [4.78, 5) is 18.7. The minimum Gasteiger partial charge on any atom is -0.490 e. The fourth-order valence-corrected chi connectivity index (χ4v) is 3.62. The predicted molar refractivity (Wildman–Crippen MR) is 97.1 cm³/mol. The Morgan fingerprint density at radius 2 is 1.96 bits per heavy atom. The van der Waals surface area contributed by atoms with E-state index in [0.717, 1.165) is 48.8 Å². The third-order valence-electron chi connectivity index (χ3n) is 5.10. The second-order valence-corrected chi connectivity index (χ2v) is 7.02. The number of carbonyl (C=O) groups excluding carboxylic acids is 1. The van der Waals surface area contributed by atoms with Gasteiger partial charge in [-0.25, -0.2) is 9.37 Å². The van der Waals surface area contributed by atoms with E-state index in [1.807, 2.05) is 13.0 Å². The molecule has 0 spiro atoms. The van der Waals surface area contributed by atoms with E-state index in [4.69, 9.17) is 9.72 Å². The van der Waals surface area contributed by atoms with E-state index >= 15 is 0 Å². The second-order valence-electron chi connectivity index (χ2n) is 7.02. The van der Waals surface area contributed by atoms with Crippen LogP contribution in [0.3, 0.4) is 0 Å². The first-order chi connectivity index (χ1) is 12.5. The highest BCUT2D eigenvalue weighted by molar-refractivity contribution is 5.98. The zero-order valence-electron chi connectivity index (χ0n) is 15.0. The summed E-state index contributed by atoms with van der Waals surface area (Å²) in [6.45, 7) is 5.94. The van der Waals surface area contributed by atoms with Crippen molar-refractivity contribution in [1.29, 1.82) is 0 Å². The standard InChI is InChI=1S/C20H22FN3O2/c1-12-9-15(3-4-17(12)21)26-14-5-7-24(8-6-14)19-13(2)10-16-18(23-19)11-22-20(16)25/h3-4,9-10,14H,5-8,11H2,1-2H3,(H,22,25). The zero-order valence-corrected chi connectivity index (χ0v) is 15.0. The number of aryl methyl sites for hydroxylation is 2. The number of nitrogens with one attached hydrogen (secondary N) is 1. The van der Waals surface area contributed by atoms with E-state index in [-0.39, 0.29) is 17.8 Å². The Kier molecular flexibility index (Phi) is 4.26. The lowest BCUT2D eigenvalue weighted by Gasteiger charge is -2.34. The normalized spacial score (nSPS) is 17.2. The van der Waals surface area contributed by atoms with Crippen LogP contribution in [-0.2, 0) is 6.54 Å². The van der Waals surface area contributed by atoms with Crippen molar-refractivity contribution in [2.45, 2.75) is 39.3 Å². The first kappa shape index (κ1) is 16.8. The van der Waals surface area contributed by atoms with Crippen LogP contribution in [0.5, 0.6) is 5.75 Å². The molecule has 3 heterocycles. The predicted octanol–water partition coefficient (Wildman–Crippen LogP) is 3.13. The van der Waals surface area contributed by atoms with Crippen LogP contribution in [-0.4, -0.2) is 30.1 Å². The molecule has 1 saturated heterocycles. The number of amides is 1.